The van der Waals surface area contributed by atoms with E-state index in [1.807, 2.05) is 9.80 Å². The second-order valence-electron chi connectivity index (χ2n) is 10.3. The highest BCUT2D eigenvalue weighted by molar-refractivity contribution is 6.22. The third kappa shape index (κ3) is 4.42. The Labute approximate surface area is 232 Å². The van der Waals surface area contributed by atoms with Gasteiger partial charge in [0.15, 0.2) is 11.2 Å². The molecule has 6 rings (SSSR count). The van der Waals surface area contributed by atoms with E-state index in [0.29, 0.717) is 43.4 Å². The van der Waals surface area contributed by atoms with Crippen LogP contribution in [0.2, 0.25) is 0 Å². The first-order chi connectivity index (χ1) is 19.7. The molecule has 1 atom stereocenters. The Morgan fingerprint density at radius 2 is 1.56 bits per heavy atom. The van der Waals surface area contributed by atoms with E-state index in [4.69, 9.17) is 0 Å². The van der Waals surface area contributed by atoms with Gasteiger partial charge in [0.05, 0.1) is 24.7 Å². The summed E-state index contributed by atoms with van der Waals surface area (Å²) in [4.78, 5) is 61.5. The van der Waals surface area contributed by atoms with Crippen LogP contribution >= 0.6 is 0 Å². The van der Waals surface area contributed by atoms with Crippen LogP contribution in [-0.2, 0) is 30.2 Å². The van der Waals surface area contributed by atoms with Crippen molar-refractivity contribution in [3.05, 3.63) is 86.6 Å². The number of halogens is 2. The van der Waals surface area contributed by atoms with E-state index in [1.165, 1.54) is 49.0 Å². The zero-order chi connectivity index (χ0) is 29.0. The van der Waals surface area contributed by atoms with Crippen molar-refractivity contribution in [2.24, 2.45) is 14.1 Å². The molecular formula is C28H27F2N7O4. The Bertz CT molecular complexity index is 1800. The molecule has 0 radical (unpaired) electrons. The molecule has 1 unspecified atom stereocenters. The Kier molecular flexibility index (Phi) is 6.53. The zero-order valence-corrected chi connectivity index (χ0v) is 22.5. The van der Waals surface area contributed by atoms with Crippen LogP contribution in [0.3, 0.4) is 0 Å². The van der Waals surface area contributed by atoms with Crippen molar-refractivity contribution in [1.29, 1.82) is 0 Å². The summed E-state index contributed by atoms with van der Waals surface area (Å²) in [6.07, 6.45) is 0.0140. The first kappa shape index (κ1) is 26.6. The molecule has 0 bridgehead atoms. The summed E-state index contributed by atoms with van der Waals surface area (Å²) in [6, 6.07) is 10.8. The van der Waals surface area contributed by atoms with Crippen LogP contribution in [0.25, 0.3) is 11.2 Å². The second-order valence-corrected chi connectivity index (χ2v) is 10.3. The van der Waals surface area contributed by atoms with Gasteiger partial charge < -0.3 is 4.90 Å². The number of aryl methyl sites for hydroxylation is 1. The largest absolute Gasteiger partial charge is 0.340 e. The lowest BCUT2D eigenvalue weighted by Crippen LogP contribution is -2.53. The molecule has 212 valence electrons. The van der Waals surface area contributed by atoms with Gasteiger partial charge in [-0.2, -0.15) is 4.98 Å². The van der Waals surface area contributed by atoms with Gasteiger partial charge in [-0.05, 0) is 30.3 Å². The fourth-order valence-electron chi connectivity index (χ4n) is 5.62. The maximum absolute atomic E-state index is 14.7. The summed E-state index contributed by atoms with van der Waals surface area (Å²) in [6.45, 7) is 1.67. The number of imide groups is 1. The van der Waals surface area contributed by atoms with Gasteiger partial charge >= 0.3 is 5.69 Å². The number of carbonyl (C=O) groups excluding carboxylic acids is 2. The summed E-state index contributed by atoms with van der Waals surface area (Å²) in [5.74, 6) is -1.19. The Hall–Kier alpha value is -4.65. The molecule has 2 aliphatic heterocycles. The number of benzene rings is 2. The number of anilines is 2. The van der Waals surface area contributed by atoms with Gasteiger partial charge in [-0.3, -0.25) is 33.0 Å². The van der Waals surface area contributed by atoms with Crippen LogP contribution in [0, 0.1) is 11.6 Å². The number of imidazole rings is 1. The molecule has 0 saturated carbocycles. The SMILES string of the molecule is Cn1c(=O)c2c(nc(N3CCN(C4CC(=O)N(c5ccc(F)cc5)C4=O)CC3)n2Cc2ccccc2F)n(C)c1=O. The van der Waals surface area contributed by atoms with E-state index >= 15 is 0 Å². The van der Waals surface area contributed by atoms with Crippen LogP contribution in [0.4, 0.5) is 20.4 Å². The van der Waals surface area contributed by atoms with E-state index in [2.05, 4.69) is 4.98 Å². The predicted octanol–water partition coefficient (Wildman–Crippen LogP) is 1.21. The van der Waals surface area contributed by atoms with Crippen molar-refractivity contribution in [1.82, 2.24) is 23.6 Å². The molecule has 2 saturated heterocycles. The number of piperazine rings is 1. The molecule has 2 aliphatic rings. The minimum atomic E-state index is -0.653. The molecule has 2 fully saturated rings. The Morgan fingerprint density at radius 1 is 0.878 bits per heavy atom. The van der Waals surface area contributed by atoms with E-state index in [9.17, 15) is 28.0 Å². The molecular weight excluding hydrogens is 536 g/mol. The summed E-state index contributed by atoms with van der Waals surface area (Å²) in [7, 11) is 2.92. The number of nitrogens with zero attached hydrogens (tertiary/aromatic N) is 7. The molecule has 4 heterocycles. The maximum Gasteiger partial charge on any atom is 0.332 e. The smallest absolute Gasteiger partial charge is 0.332 e. The highest BCUT2D eigenvalue weighted by Crippen LogP contribution is 2.28. The standard InChI is InChI=1S/C28H27F2N7O4/c1-32-24-23(26(40)33(2)28(32)41)36(16-17-5-3-4-6-20(17)30)27(31-24)35-13-11-34(12-14-35)21-15-22(38)37(25(21)39)19-9-7-18(29)8-10-19/h3-10,21H,11-16H2,1-2H3. The molecule has 13 heteroatoms. The number of fused-ring (bicyclic) bond motifs is 1. The third-order valence-corrected chi connectivity index (χ3v) is 7.86. The zero-order valence-electron chi connectivity index (χ0n) is 22.5. The molecule has 0 N–H and O–H groups in total. The van der Waals surface area contributed by atoms with Crippen LogP contribution < -0.4 is 21.0 Å². The summed E-state index contributed by atoms with van der Waals surface area (Å²) >= 11 is 0. The minimum Gasteiger partial charge on any atom is -0.340 e. The number of hydrogen-bond acceptors (Lipinski definition) is 7. The molecule has 2 aromatic carbocycles. The third-order valence-electron chi connectivity index (χ3n) is 7.86. The van der Waals surface area contributed by atoms with E-state index in [1.54, 1.807) is 22.8 Å². The molecule has 2 aromatic heterocycles. The summed E-state index contributed by atoms with van der Waals surface area (Å²) in [5.41, 5.74) is 0.00704. The van der Waals surface area contributed by atoms with Gasteiger partial charge in [0, 0.05) is 45.8 Å². The van der Waals surface area contributed by atoms with E-state index in [-0.39, 0.29) is 35.9 Å². The second kappa shape index (κ2) is 10.1. The van der Waals surface area contributed by atoms with Gasteiger partial charge in [0.25, 0.3) is 11.5 Å². The topological polar surface area (TPSA) is 106 Å². The van der Waals surface area contributed by atoms with Gasteiger partial charge in [-0.25, -0.2) is 18.5 Å². The predicted molar refractivity (Wildman–Crippen MR) is 147 cm³/mol. The fraction of sp³-hybridized carbons (Fsp3) is 0.321. The van der Waals surface area contributed by atoms with Crippen molar-refractivity contribution in [3.63, 3.8) is 0 Å². The van der Waals surface area contributed by atoms with E-state index < -0.39 is 28.9 Å². The Morgan fingerprint density at radius 3 is 2.24 bits per heavy atom. The van der Waals surface area contributed by atoms with Crippen molar-refractivity contribution in [2.75, 3.05) is 36.0 Å². The normalized spacial score (nSPS) is 18.2. The fourth-order valence-corrected chi connectivity index (χ4v) is 5.62. The average molecular weight is 564 g/mol. The number of aromatic nitrogens is 4. The molecule has 41 heavy (non-hydrogen) atoms. The first-order valence-electron chi connectivity index (χ1n) is 13.2. The quantitative estimate of drug-likeness (QED) is 0.336. The van der Waals surface area contributed by atoms with E-state index in [0.717, 1.165) is 9.47 Å². The average Bonchev–Trinajstić information content (AvgIpc) is 3.49. The highest BCUT2D eigenvalue weighted by Gasteiger charge is 2.43. The van der Waals surface area contributed by atoms with Gasteiger partial charge in [0.1, 0.15) is 11.6 Å². The minimum absolute atomic E-state index is 0.0140. The lowest BCUT2D eigenvalue weighted by molar-refractivity contribution is -0.123. The van der Waals surface area contributed by atoms with Gasteiger partial charge in [-0.1, -0.05) is 18.2 Å². The lowest BCUT2D eigenvalue weighted by atomic mass is 10.1. The number of amides is 2. The van der Waals surface area contributed by atoms with Crippen LogP contribution in [0.15, 0.2) is 58.1 Å². The van der Waals surface area contributed by atoms with Crippen LogP contribution in [0.1, 0.15) is 12.0 Å². The van der Waals surface area contributed by atoms with Crippen molar-refractivity contribution >= 4 is 34.6 Å². The number of rotatable bonds is 5. The molecule has 4 aromatic rings. The van der Waals surface area contributed by atoms with Crippen LogP contribution in [-0.4, -0.2) is 67.6 Å². The number of hydrogen-bond donors (Lipinski definition) is 0. The maximum atomic E-state index is 14.7. The lowest BCUT2D eigenvalue weighted by Gasteiger charge is -2.37. The monoisotopic (exact) mass is 563 g/mol. The Balaban J connectivity index is 1.30. The van der Waals surface area contributed by atoms with Crippen molar-refractivity contribution in [3.8, 4) is 0 Å². The molecule has 0 aliphatic carbocycles. The summed E-state index contributed by atoms with van der Waals surface area (Å²) in [5, 5.41) is 0. The molecule has 11 nitrogen and oxygen atoms in total. The summed E-state index contributed by atoms with van der Waals surface area (Å²) < 4.78 is 32.0. The van der Waals surface area contributed by atoms with Crippen molar-refractivity contribution in [2.45, 2.75) is 19.0 Å². The van der Waals surface area contributed by atoms with Gasteiger partial charge in [0.2, 0.25) is 11.9 Å². The molecule has 0 spiro atoms. The van der Waals surface area contributed by atoms with Gasteiger partial charge in [-0.15, -0.1) is 0 Å². The van der Waals surface area contributed by atoms with Crippen molar-refractivity contribution < 1.29 is 18.4 Å². The first-order valence-corrected chi connectivity index (χ1v) is 13.2. The highest BCUT2D eigenvalue weighted by atomic mass is 19.1. The number of carbonyl (C=O) groups is 2. The molecule has 2 amide bonds. The van der Waals surface area contributed by atoms with Crippen LogP contribution in [0.5, 0.6) is 0 Å².